The molecule has 0 atom stereocenters. The molecule has 0 aliphatic heterocycles. The van der Waals surface area contributed by atoms with Crippen molar-refractivity contribution in [1.82, 2.24) is 0 Å². The first-order chi connectivity index (χ1) is 10.6. The highest BCUT2D eigenvalue weighted by molar-refractivity contribution is 6.73. The molecule has 0 saturated carbocycles. The van der Waals surface area contributed by atoms with E-state index in [0.29, 0.717) is 0 Å². The quantitative estimate of drug-likeness (QED) is 0.358. The van der Waals surface area contributed by atoms with Gasteiger partial charge in [-0.3, -0.25) is 4.99 Å². The molecule has 3 nitrogen and oxygen atoms in total. The first kappa shape index (κ1) is 18.9. The second-order valence-electron chi connectivity index (χ2n) is 5.95. The molecule has 0 spiro atoms. The molecule has 0 aromatic heterocycles. The van der Waals surface area contributed by atoms with Crippen LogP contribution in [-0.2, 0) is 4.43 Å². The Morgan fingerprint density at radius 2 is 1.73 bits per heavy atom. The highest BCUT2D eigenvalue weighted by Crippen LogP contribution is 2.23. The first-order valence-corrected chi connectivity index (χ1v) is 11.0. The van der Waals surface area contributed by atoms with Gasteiger partial charge in [0.15, 0.2) is 8.32 Å². The molecule has 0 heterocycles. The van der Waals surface area contributed by atoms with E-state index < -0.39 is 8.32 Å². The largest absolute Gasteiger partial charge is 0.417 e. The molecule has 0 N–H and O–H groups in total. The van der Waals surface area contributed by atoms with Gasteiger partial charge >= 0.3 is 0 Å². The van der Waals surface area contributed by atoms with Crippen LogP contribution in [0.5, 0.6) is 0 Å². The standard InChI is InChI=1S/C18H32N2OSi/c1-6-21-22(7-2,8-3)15-9-14-19-16-17-10-12-18(13-11-17)20(4)5/h10-13,16H,6-9,14-15H2,1-5H3. The minimum atomic E-state index is -1.47. The molecule has 0 radical (unpaired) electrons. The topological polar surface area (TPSA) is 24.8 Å². The molecular formula is C18H32N2OSi. The molecule has 124 valence electrons. The van der Waals surface area contributed by atoms with Crippen LogP contribution in [0.1, 0.15) is 32.8 Å². The van der Waals surface area contributed by atoms with E-state index in [0.717, 1.165) is 19.6 Å². The van der Waals surface area contributed by atoms with Gasteiger partial charge in [0.2, 0.25) is 0 Å². The fourth-order valence-electron chi connectivity index (χ4n) is 2.71. The third kappa shape index (κ3) is 5.93. The monoisotopic (exact) mass is 320 g/mol. The SMILES string of the molecule is CCO[Si](CC)(CC)CCCN=Cc1ccc(N(C)C)cc1. The number of aliphatic imine (C=N–C) groups is 1. The highest BCUT2D eigenvalue weighted by Gasteiger charge is 2.29. The second kappa shape index (κ2) is 9.80. The van der Waals surface area contributed by atoms with E-state index in [4.69, 9.17) is 4.43 Å². The van der Waals surface area contributed by atoms with Crippen molar-refractivity contribution in [1.29, 1.82) is 0 Å². The lowest BCUT2D eigenvalue weighted by Gasteiger charge is -2.28. The summed E-state index contributed by atoms with van der Waals surface area (Å²) in [6.07, 6.45) is 3.13. The predicted molar refractivity (Wildman–Crippen MR) is 101 cm³/mol. The molecule has 0 unspecified atom stereocenters. The molecule has 0 saturated heterocycles. The summed E-state index contributed by atoms with van der Waals surface area (Å²) in [7, 11) is 2.64. The van der Waals surface area contributed by atoms with E-state index >= 15 is 0 Å². The summed E-state index contributed by atoms with van der Waals surface area (Å²) in [5, 5.41) is 0. The number of nitrogens with zero attached hydrogens (tertiary/aromatic N) is 2. The Bertz CT molecular complexity index is 439. The van der Waals surface area contributed by atoms with Gasteiger partial charge in [0.25, 0.3) is 0 Å². The van der Waals surface area contributed by atoms with Crippen LogP contribution in [0.25, 0.3) is 0 Å². The van der Waals surface area contributed by atoms with Crippen molar-refractivity contribution in [3.63, 3.8) is 0 Å². The number of anilines is 1. The maximum atomic E-state index is 6.11. The molecule has 0 aliphatic rings. The molecule has 0 aliphatic carbocycles. The van der Waals surface area contributed by atoms with E-state index in [1.54, 1.807) is 0 Å². The van der Waals surface area contributed by atoms with Gasteiger partial charge in [-0.25, -0.2) is 0 Å². The van der Waals surface area contributed by atoms with Gasteiger partial charge in [0.05, 0.1) is 0 Å². The maximum Gasteiger partial charge on any atom is 0.192 e. The zero-order valence-corrected chi connectivity index (χ0v) is 15.9. The van der Waals surface area contributed by atoms with Crippen LogP contribution in [0.4, 0.5) is 5.69 Å². The summed E-state index contributed by atoms with van der Waals surface area (Å²) in [5.41, 5.74) is 2.39. The number of rotatable bonds is 10. The van der Waals surface area contributed by atoms with Crippen molar-refractivity contribution in [2.24, 2.45) is 4.99 Å². The van der Waals surface area contributed by atoms with E-state index in [9.17, 15) is 0 Å². The van der Waals surface area contributed by atoms with Crippen LogP contribution in [0.15, 0.2) is 29.3 Å². The smallest absolute Gasteiger partial charge is 0.192 e. The Morgan fingerprint density at radius 3 is 2.23 bits per heavy atom. The minimum absolute atomic E-state index is 0.857. The van der Waals surface area contributed by atoms with E-state index in [2.05, 4.69) is 69.0 Å². The summed E-state index contributed by atoms with van der Waals surface area (Å²) in [6.45, 7) is 8.43. The normalized spacial score (nSPS) is 12.0. The fourth-order valence-corrected chi connectivity index (χ4v) is 5.88. The van der Waals surface area contributed by atoms with Crippen LogP contribution in [0, 0.1) is 0 Å². The van der Waals surface area contributed by atoms with Gasteiger partial charge < -0.3 is 9.33 Å². The number of benzene rings is 1. The molecule has 0 bridgehead atoms. The van der Waals surface area contributed by atoms with E-state index in [1.807, 2.05) is 6.21 Å². The Kier molecular flexibility index (Phi) is 8.42. The Labute approximate surface area is 137 Å². The van der Waals surface area contributed by atoms with Crippen molar-refractivity contribution >= 4 is 20.2 Å². The van der Waals surface area contributed by atoms with Crippen LogP contribution in [0.3, 0.4) is 0 Å². The molecular weight excluding hydrogens is 288 g/mol. The average molecular weight is 321 g/mol. The molecule has 4 heteroatoms. The summed E-state index contributed by atoms with van der Waals surface area (Å²) >= 11 is 0. The van der Waals surface area contributed by atoms with Crippen LogP contribution in [-0.4, -0.2) is 41.8 Å². The van der Waals surface area contributed by atoms with Crippen LogP contribution in [0.2, 0.25) is 18.1 Å². The van der Waals surface area contributed by atoms with Gasteiger partial charge in [0.1, 0.15) is 0 Å². The van der Waals surface area contributed by atoms with Crippen molar-refractivity contribution in [3.05, 3.63) is 29.8 Å². The van der Waals surface area contributed by atoms with Crippen LogP contribution >= 0.6 is 0 Å². The number of hydrogen-bond donors (Lipinski definition) is 0. The van der Waals surface area contributed by atoms with Gasteiger partial charge in [-0.2, -0.15) is 0 Å². The maximum absolute atomic E-state index is 6.11. The number of hydrogen-bond acceptors (Lipinski definition) is 3. The molecule has 1 rings (SSSR count). The average Bonchev–Trinajstić information content (AvgIpc) is 2.54. The van der Waals surface area contributed by atoms with E-state index in [1.165, 1.54) is 29.4 Å². The molecule has 0 fully saturated rings. The second-order valence-corrected chi connectivity index (χ2v) is 10.5. The van der Waals surface area contributed by atoms with Crippen molar-refractivity contribution in [3.8, 4) is 0 Å². The van der Waals surface area contributed by atoms with E-state index in [-0.39, 0.29) is 0 Å². The Hall–Kier alpha value is -1.13. The Balaban J connectivity index is 2.42. The third-order valence-corrected chi connectivity index (χ3v) is 9.05. The van der Waals surface area contributed by atoms with Gasteiger partial charge in [-0.05, 0) is 49.2 Å². The zero-order valence-electron chi connectivity index (χ0n) is 14.9. The third-order valence-electron chi connectivity index (χ3n) is 4.31. The van der Waals surface area contributed by atoms with Gasteiger partial charge in [-0.1, -0.05) is 26.0 Å². The Morgan fingerprint density at radius 1 is 1.09 bits per heavy atom. The summed E-state index contributed by atoms with van der Waals surface area (Å²) in [6, 6.07) is 12.2. The summed E-state index contributed by atoms with van der Waals surface area (Å²) in [4.78, 5) is 6.68. The summed E-state index contributed by atoms with van der Waals surface area (Å²) in [5.74, 6) is 0. The lowest BCUT2D eigenvalue weighted by molar-refractivity contribution is 0.319. The van der Waals surface area contributed by atoms with Crippen molar-refractivity contribution in [2.75, 3.05) is 32.1 Å². The van der Waals surface area contributed by atoms with Crippen molar-refractivity contribution < 1.29 is 4.43 Å². The minimum Gasteiger partial charge on any atom is -0.417 e. The van der Waals surface area contributed by atoms with Crippen LogP contribution < -0.4 is 4.90 Å². The van der Waals surface area contributed by atoms with Crippen molar-refractivity contribution in [2.45, 2.75) is 45.3 Å². The van der Waals surface area contributed by atoms with Gasteiger partial charge in [-0.15, -0.1) is 0 Å². The zero-order chi connectivity index (χ0) is 16.4. The molecule has 1 aromatic rings. The summed E-state index contributed by atoms with van der Waals surface area (Å²) < 4.78 is 6.11. The fraction of sp³-hybridized carbons (Fsp3) is 0.611. The highest BCUT2D eigenvalue weighted by atomic mass is 28.4. The molecule has 22 heavy (non-hydrogen) atoms. The van der Waals surface area contributed by atoms with Gasteiger partial charge in [0, 0.05) is 39.1 Å². The molecule has 0 amide bonds. The molecule has 1 aromatic carbocycles. The lowest BCUT2D eigenvalue weighted by atomic mass is 10.2. The lowest BCUT2D eigenvalue weighted by Crippen LogP contribution is -2.36. The first-order valence-electron chi connectivity index (χ1n) is 8.48. The predicted octanol–water partition coefficient (Wildman–Crippen LogP) is 4.58.